The number of aliphatic hydroxyl groups excluding tert-OH is 1. The van der Waals surface area contributed by atoms with Crippen LogP contribution in [-0.4, -0.2) is 41.8 Å². The first-order chi connectivity index (χ1) is 14.3. The van der Waals surface area contributed by atoms with Crippen LogP contribution < -0.4 is 0 Å². The van der Waals surface area contributed by atoms with Crippen molar-refractivity contribution in [3.8, 4) is 17.3 Å². The van der Waals surface area contributed by atoms with Gasteiger partial charge in [-0.1, -0.05) is 23.7 Å². The molecule has 1 aromatic carbocycles. The minimum absolute atomic E-state index is 0.0326. The number of halogens is 1. The topological polar surface area (TPSA) is 100.0 Å². The van der Waals surface area contributed by atoms with Gasteiger partial charge in [-0.05, 0) is 26.0 Å². The van der Waals surface area contributed by atoms with E-state index in [-0.39, 0.29) is 17.0 Å². The van der Waals surface area contributed by atoms with Gasteiger partial charge in [0.05, 0.1) is 41.1 Å². The van der Waals surface area contributed by atoms with Crippen LogP contribution in [0.4, 0.5) is 0 Å². The summed E-state index contributed by atoms with van der Waals surface area (Å²) in [6.07, 6.45) is 1.02. The average Bonchev–Trinajstić information content (AvgIpc) is 3.29. The highest BCUT2D eigenvalue weighted by Crippen LogP contribution is 2.33. The molecule has 2 atom stereocenters. The van der Waals surface area contributed by atoms with Gasteiger partial charge in [0.2, 0.25) is 0 Å². The zero-order valence-electron chi connectivity index (χ0n) is 16.9. The predicted octanol–water partition coefficient (Wildman–Crippen LogP) is 3.08. The number of amides is 1. The molecule has 0 radical (unpaired) electrons. The summed E-state index contributed by atoms with van der Waals surface area (Å²) >= 11 is 6.59. The number of aryl methyl sites for hydroxylation is 1. The van der Waals surface area contributed by atoms with Gasteiger partial charge in [-0.25, -0.2) is 4.98 Å². The molecule has 0 bridgehead atoms. The van der Waals surface area contributed by atoms with Crippen molar-refractivity contribution >= 4 is 17.5 Å². The number of hydrogen-bond acceptors (Lipinski definition) is 5. The van der Waals surface area contributed by atoms with E-state index in [4.69, 9.17) is 16.9 Å². The fourth-order valence-corrected chi connectivity index (χ4v) is 4.28. The summed E-state index contributed by atoms with van der Waals surface area (Å²) < 4.78 is 3.48. The first kappa shape index (κ1) is 20.1. The Morgan fingerprint density at radius 1 is 1.37 bits per heavy atom. The molecular weight excluding hydrogens is 404 g/mol. The standard InChI is InChI=1S/C21H21ClN6O2/c1-12-10-27(11-16-9-24-20(13(2)29)28(12)16)21(30)19-17(22)18(25-26(19)3)15-6-4-14(8-23)5-7-15/h4-7,9,12-13,29H,10-11H2,1-3H3/t12-,13+/m0/s1. The Labute approximate surface area is 178 Å². The Kier molecular flexibility index (Phi) is 5.10. The van der Waals surface area contributed by atoms with Crippen molar-refractivity contribution in [2.24, 2.45) is 7.05 Å². The Morgan fingerprint density at radius 2 is 2.07 bits per heavy atom. The molecule has 1 aliphatic heterocycles. The minimum Gasteiger partial charge on any atom is -0.385 e. The maximum atomic E-state index is 13.3. The van der Waals surface area contributed by atoms with Crippen LogP contribution in [0.3, 0.4) is 0 Å². The van der Waals surface area contributed by atoms with Crippen LogP contribution in [0.25, 0.3) is 11.3 Å². The Bertz CT molecular complexity index is 1160. The lowest BCUT2D eigenvalue weighted by atomic mass is 10.1. The third kappa shape index (κ3) is 3.26. The number of imidazole rings is 1. The molecule has 0 saturated heterocycles. The molecule has 0 spiro atoms. The van der Waals surface area contributed by atoms with E-state index in [0.717, 1.165) is 11.3 Å². The molecule has 30 heavy (non-hydrogen) atoms. The van der Waals surface area contributed by atoms with Crippen molar-refractivity contribution in [3.63, 3.8) is 0 Å². The van der Waals surface area contributed by atoms with Crippen molar-refractivity contribution in [3.05, 3.63) is 58.3 Å². The summed E-state index contributed by atoms with van der Waals surface area (Å²) in [7, 11) is 1.69. The number of rotatable bonds is 3. The van der Waals surface area contributed by atoms with Gasteiger partial charge in [0.1, 0.15) is 23.3 Å². The van der Waals surface area contributed by atoms with Crippen molar-refractivity contribution in [2.45, 2.75) is 32.5 Å². The van der Waals surface area contributed by atoms with Crippen LogP contribution in [0.15, 0.2) is 30.5 Å². The lowest BCUT2D eigenvalue weighted by Gasteiger charge is -2.34. The molecule has 4 rings (SSSR count). The second-order valence-corrected chi connectivity index (χ2v) is 7.89. The number of aromatic nitrogens is 4. The first-order valence-corrected chi connectivity index (χ1v) is 9.96. The van der Waals surface area contributed by atoms with Gasteiger partial charge in [0.25, 0.3) is 5.91 Å². The summed E-state index contributed by atoms with van der Waals surface area (Å²) in [5.74, 6) is 0.388. The summed E-state index contributed by atoms with van der Waals surface area (Å²) in [4.78, 5) is 19.4. The summed E-state index contributed by atoms with van der Waals surface area (Å²) in [5.41, 5.74) is 2.95. The van der Waals surface area contributed by atoms with Crippen molar-refractivity contribution in [1.29, 1.82) is 5.26 Å². The van der Waals surface area contributed by atoms with Crippen LogP contribution in [-0.2, 0) is 13.6 Å². The highest BCUT2D eigenvalue weighted by molar-refractivity contribution is 6.36. The first-order valence-electron chi connectivity index (χ1n) is 9.58. The summed E-state index contributed by atoms with van der Waals surface area (Å²) in [5, 5.41) is 23.6. The van der Waals surface area contributed by atoms with E-state index in [1.54, 1.807) is 49.3 Å². The SMILES string of the molecule is C[C@@H](O)c1ncc2n1[C@@H](C)CN(C(=O)c1c(Cl)c(-c3ccc(C#N)cc3)nn1C)C2. The zero-order chi connectivity index (χ0) is 21.6. The van der Waals surface area contributed by atoms with Gasteiger partial charge in [0, 0.05) is 19.2 Å². The third-order valence-corrected chi connectivity index (χ3v) is 5.68. The fourth-order valence-electron chi connectivity index (χ4n) is 3.93. The highest BCUT2D eigenvalue weighted by Gasteiger charge is 2.32. The summed E-state index contributed by atoms with van der Waals surface area (Å²) in [6.45, 7) is 4.51. The van der Waals surface area contributed by atoms with E-state index in [1.807, 2.05) is 11.5 Å². The monoisotopic (exact) mass is 424 g/mol. The van der Waals surface area contributed by atoms with E-state index >= 15 is 0 Å². The number of fused-ring (bicyclic) bond motifs is 1. The molecule has 0 saturated carbocycles. The number of nitriles is 1. The number of aliphatic hydroxyl groups is 1. The molecule has 0 aliphatic carbocycles. The van der Waals surface area contributed by atoms with Crippen molar-refractivity contribution in [2.75, 3.05) is 6.54 Å². The van der Waals surface area contributed by atoms with Crippen LogP contribution in [0.1, 0.15) is 53.6 Å². The number of carbonyl (C=O) groups excluding carboxylic acids is 1. The van der Waals surface area contributed by atoms with Gasteiger partial charge >= 0.3 is 0 Å². The predicted molar refractivity (Wildman–Crippen MR) is 111 cm³/mol. The quantitative estimate of drug-likeness (QED) is 0.696. The lowest BCUT2D eigenvalue weighted by Crippen LogP contribution is -2.41. The van der Waals surface area contributed by atoms with Gasteiger partial charge in [0.15, 0.2) is 0 Å². The second-order valence-electron chi connectivity index (χ2n) is 7.51. The molecule has 0 unspecified atom stereocenters. The molecule has 2 aromatic heterocycles. The van der Waals surface area contributed by atoms with Crippen molar-refractivity contribution in [1.82, 2.24) is 24.2 Å². The smallest absolute Gasteiger partial charge is 0.274 e. The van der Waals surface area contributed by atoms with E-state index in [1.165, 1.54) is 4.68 Å². The second kappa shape index (κ2) is 7.59. The van der Waals surface area contributed by atoms with Gasteiger partial charge in [-0.3, -0.25) is 9.48 Å². The van der Waals surface area contributed by atoms with Crippen LogP contribution in [0.2, 0.25) is 5.02 Å². The number of nitrogens with zero attached hydrogens (tertiary/aromatic N) is 6. The molecule has 3 heterocycles. The lowest BCUT2D eigenvalue weighted by molar-refractivity contribution is 0.0667. The van der Waals surface area contributed by atoms with Crippen molar-refractivity contribution < 1.29 is 9.90 Å². The fraction of sp³-hybridized carbons (Fsp3) is 0.333. The average molecular weight is 425 g/mol. The maximum Gasteiger partial charge on any atom is 0.274 e. The van der Waals surface area contributed by atoms with Crippen LogP contribution in [0.5, 0.6) is 0 Å². The van der Waals surface area contributed by atoms with Gasteiger partial charge in [-0.2, -0.15) is 10.4 Å². The number of hydrogen-bond donors (Lipinski definition) is 1. The van der Waals surface area contributed by atoms with E-state index in [2.05, 4.69) is 16.2 Å². The molecule has 0 fully saturated rings. The van der Waals surface area contributed by atoms with E-state index in [0.29, 0.717) is 35.9 Å². The highest BCUT2D eigenvalue weighted by atomic mass is 35.5. The van der Waals surface area contributed by atoms with E-state index in [9.17, 15) is 9.90 Å². The third-order valence-electron chi connectivity index (χ3n) is 5.32. The molecule has 1 aliphatic rings. The molecular formula is C21H21ClN6O2. The minimum atomic E-state index is -0.676. The normalized spacial score (nSPS) is 16.8. The van der Waals surface area contributed by atoms with E-state index < -0.39 is 6.10 Å². The Hall–Kier alpha value is -3.15. The molecule has 154 valence electrons. The van der Waals surface area contributed by atoms with Crippen LogP contribution >= 0.6 is 11.6 Å². The molecule has 1 N–H and O–H groups in total. The van der Waals surface area contributed by atoms with Gasteiger partial charge < -0.3 is 14.6 Å². The summed E-state index contributed by atoms with van der Waals surface area (Å²) in [6, 6.07) is 8.95. The number of carbonyl (C=O) groups is 1. The molecule has 3 aromatic rings. The Morgan fingerprint density at radius 3 is 2.70 bits per heavy atom. The largest absolute Gasteiger partial charge is 0.385 e. The zero-order valence-corrected chi connectivity index (χ0v) is 17.6. The molecule has 8 nitrogen and oxygen atoms in total. The molecule has 9 heteroatoms. The van der Waals surface area contributed by atoms with Crippen LogP contribution in [0, 0.1) is 11.3 Å². The maximum absolute atomic E-state index is 13.3. The van der Waals surface area contributed by atoms with Gasteiger partial charge in [-0.15, -0.1) is 0 Å². The number of benzene rings is 1. The molecule has 1 amide bonds. The Balaban J connectivity index is 1.65.